The fourth-order valence-electron chi connectivity index (χ4n) is 1.59. The van der Waals surface area contributed by atoms with E-state index in [1.807, 2.05) is 12.4 Å². The number of hydrogen-bond donors (Lipinski definition) is 2. The summed E-state index contributed by atoms with van der Waals surface area (Å²) in [5.41, 5.74) is 0.635. The first-order chi connectivity index (χ1) is 9.70. The van der Waals surface area contributed by atoms with E-state index < -0.39 is 0 Å². The zero-order valence-electron chi connectivity index (χ0n) is 11.1. The van der Waals surface area contributed by atoms with Crippen LogP contribution < -0.4 is 16.2 Å². The Morgan fingerprint density at radius 1 is 1.50 bits per heavy atom. The molecule has 0 spiro atoms. The zero-order valence-corrected chi connectivity index (χ0v) is 12.7. The number of likely N-dealkylation sites (N-methyl/N-ethyl adjacent to an activating group) is 1. The molecule has 108 valence electrons. The SMILES string of the molecule is CNCCNC(=O)CSCc1cc(=O)n2ccsc2n1. The lowest BCUT2D eigenvalue weighted by Crippen LogP contribution is -2.31. The summed E-state index contributed by atoms with van der Waals surface area (Å²) in [7, 11) is 1.84. The van der Waals surface area contributed by atoms with Gasteiger partial charge in [-0.05, 0) is 7.05 Å². The van der Waals surface area contributed by atoms with E-state index in [2.05, 4.69) is 15.6 Å². The molecule has 0 aliphatic rings. The predicted octanol–water partition coefficient (Wildman–Crippen LogP) is 0.325. The Morgan fingerprint density at radius 2 is 2.35 bits per heavy atom. The molecular formula is C12H16N4O2S2. The quantitative estimate of drug-likeness (QED) is 0.721. The van der Waals surface area contributed by atoms with Gasteiger partial charge in [-0.3, -0.25) is 14.0 Å². The number of rotatable bonds is 7. The van der Waals surface area contributed by atoms with E-state index in [4.69, 9.17) is 0 Å². The molecule has 0 aliphatic carbocycles. The average Bonchev–Trinajstić information content (AvgIpc) is 2.88. The Balaban J connectivity index is 1.83. The maximum Gasteiger partial charge on any atom is 0.258 e. The summed E-state index contributed by atoms with van der Waals surface area (Å²) in [6.45, 7) is 1.38. The lowest BCUT2D eigenvalue weighted by Gasteiger charge is -2.04. The van der Waals surface area contributed by atoms with Crippen LogP contribution in [0.4, 0.5) is 0 Å². The molecule has 0 fully saturated rings. The number of carbonyl (C=O) groups excluding carboxylic acids is 1. The highest BCUT2D eigenvalue weighted by Crippen LogP contribution is 2.11. The number of carbonyl (C=O) groups is 1. The van der Waals surface area contributed by atoms with E-state index in [9.17, 15) is 9.59 Å². The molecule has 2 rings (SSSR count). The van der Waals surface area contributed by atoms with Crippen LogP contribution in [0.5, 0.6) is 0 Å². The highest BCUT2D eigenvalue weighted by molar-refractivity contribution is 7.99. The van der Waals surface area contributed by atoms with Gasteiger partial charge in [-0.1, -0.05) is 0 Å². The van der Waals surface area contributed by atoms with Gasteiger partial charge in [-0.2, -0.15) is 0 Å². The van der Waals surface area contributed by atoms with Gasteiger partial charge in [-0.15, -0.1) is 23.1 Å². The molecule has 8 heteroatoms. The summed E-state index contributed by atoms with van der Waals surface area (Å²) in [6, 6.07) is 1.52. The molecule has 20 heavy (non-hydrogen) atoms. The van der Waals surface area contributed by atoms with Gasteiger partial charge < -0.3 is 10.6 Å². The van der Waals surface area contributed by atoms with E-state index in [0.29, 0.717) is 28.7 Å². The van der Waals surface area contributed by atoms with Crippen molar-refractivity contribution in [1.82, 2.24) is 20.0 Å². The molecule has 2 aromatic rings. The van der Waals surface area contributed by atoms with Crippen molar-refractivity contribution in [2.45, 2.75) is 5.75 Å². The van der Waals surface area contributed by atoms with Crippen LogP contribution in [0.15, 0.2) is 22.4 Å². The Bertz CT molecular complexity index is 638. The maximum atomic E-state index is 11.8. The highest BCUT2D eigenvalue weighted by Gasteiger charge is 2.05. The maximum absolute atomic E-state index is 11.8. The number of aromatic nitrogens is 2. The number of thiazole rings is 1. The average molecular weight is 312 g/mol. The largest absolute Gasteiger partial charge is 0.354 e. The first kappa shape index (κ1) is 15.0. The molecule has 0 bridgehead atoms. The lowest BCUT2D eigenvalue weighted by molar-refractivity contribution is -0.118. The van der Waals surface area contributed by atoms with Crippen LogP contribution >= 0.6 is 23.1 Å². The fourth-order valence-corrected chi connectivity index (χ4v) is 3.07. The van der Waals surface area contributed by atoms with Crippen LogP contribution in [0.2, 0.25) is 0 Å². The second-order valence-electron chi connectivity index (χ2n) is 4.09. The van der Waals surface area contributed by atoms with Crippen LogP contribution in [0.25, 0.3) is 4.96 Å². The molecule has 0 atom stereocenters. The van der Waals surface area contributed by atoms with Crippen molar-refractivity contribution in [1.29, 1.82) is 0 Å². The molecule has 6 nitrogen and oxygen atoms in total. The molecule has 2 heterocycles. The van der Waals surface area contributed by atoms with E-state index in [1.54, 1.807) is 6.20 Å². The molecule has 0 aromatic carbocycles. The van der Waals surface area contributed by atoms with Crippen LogP contribution in [0, 0.1) is 0 Å². The van der Waals surface area contributed by atoms with Crippen molar-refractivity contribution in [2.24, 2.45) is 0 Å². The lowest BCUT2D eigenvalue weighted by atomic mass is 10.4. The number of thioether (sulfide) groups is 1. The zero-order chi connectivity index (χ0) is 14.4. The predicted molar refractivity (Wildman–Crippen MR) is 82.4 cm³/mol. The van der Waals surface area contributed by atoms with Crippen molar-refractivity contribution in [3.63, 3.8) is 0 Å². The third-order valence-electron chi connectivity index (χ3n) is 2.54. The summed E-state index contributed by atoms with van der Waals surface area (Å²) in [6.07, 6.45) is 1.71. The minimum Gasteiger partial charge on any atom is -0.354 e. The third kappa shape index (κ3) is 4.06. The second-order valence-corrected chi connectivity index (χ2v) is 5.95. The summed E-state index contributed by atoms with van der Waals surface area (Å²) in [4.78, 5) is 28.3. The van der Waals surface area contributed by atoms with Crippen molar-refractivity contribution in [3.05, 3.63) is 33.7 Å². The molecular weight excluding hydrogens is 296 g/mol. The summed E-state index contributed by atoms with van der Waals surface area (Å²) < 4.78 is 1.52. The summed E-state index contributed by atoms with van der Waals surface area (Å²) >= 11 is 2.88. The van der Waals surface area contributed by atoms with Crippen molar-refractivity contribution in [2.75, 3.05) is 25.9 Å². The van der Waals surface area contributed by atoms with Crippen LogP contribution in [-0.2, 0) is 10.5 Å². The number of fused-ring (bicyclic) bond motifs is 1. The van der Waals surface area contributed by atoms with Gasteiger partial charge in [0.05, 0.1) is 11.4 Å². The van der Waals surface area contributed by atoms with Gasteiger partial charge >= 0.3 is 0 Å². The van der Waals surface area contributed by atoms with Crippen LogP contribution in [0.3, 0.4) is 0 Å². The van der Waals surface area contributed by atoms with Crippen molar-refractivity contribution < 1.29 is 4.79 Å². The Hall–Kier alpha value is -1.38. The second kappa shape index (κ2) is 7.41. The smallest absolute Gasteiger partial charge is 0.258 e. The van der Waals surface area contributed by atoms with Gasteiger partial charge in [0.25, 0.3) is 5.56 Å². The summed E-state index contributed by atoms with van der Waals surface area (Å²) in [5, 5.41) is 7.59. The molecule has 0 radical (unpaired) electrons. The molecule has 1 amide bonds. The van der Waals surface area contributed by atoms with Gasteiger partial charge in [0, 0.05) is 36.5 Å². The fraction of sp³-hybridized carbons (Fsp3) is 0.417. The van der Waals surface area contributed by atoms with Crippen molar-refractivity contribution >= 4 is 34.0 Å². The number of hydrogen-bond acceptors (Lipinski definition) is 6. The molecule has 0 saturated carbocycles. The normalized spacial score (nSPS) is 10.8. The van der Waals surface area contributed by atoms with E-state index in [-0.39, 0.29) is 11.5 Å². The van der Waals surface area contributed by atoms with E-state index in [1.165, 1.54) is 33.6 Å². The first-order valence-electron chi connectivity index (χ1n) is 6.15. The molecule has 2 aromatic heterocycles. The van der Waals surface area contributed by atoms with Gasteiger partial charge in [0.1, 0.15) is 0 Å². The highest BCUT2D eigenvalue weighted by atomic mass is 32.2. The van der Waals surface area contributed by atoms with Crippen LogP contribution in [-0.4, -0.2) is 41.2 Å². The Labute approximate surface area is 124 Å². The Morgan fingerprint density at radius 3 is 3.15 bits per heavy atom. The van der Waals surface area contributed by atoms with E-state index in [0.717, 1.165) is 6.54 Å². The molecule has 2 N–H and O–H groups in total. The van der Waals surface area contributed by atoms with Gasteiger partial charge in [0.2, 0.25) is 5.91 Å². The monoisotopic (exact) mass is 312 g/mol. The van der Waals surface area contributed by atoms with Crippen molar-refractivity contribution in [3.8, 4) is 0 Å². The van der Waals surface area contributed by atoms with Gasteiger partial charge in [-0.25, -0.2) is 4.98 Å². The van der Waals surface area contributed by atoms with E-state index >= 15 is 0 Å². The third-order valence-corrected chi connectivity index (χ3v) is 4.26. The Kier molecular flexibility index (Phi) is 5.57. The first-order valence-corrected chi connectivity index (χ1v) is 8.19. The number of nitrogens with one attached hydrogen (secondary N) is 2. The standard InChI is InChI=1S/C12H16N4O2S2/c1-13-2-3-14-10(17)8-19-7-9-6-11(18)16-4-5-20-12(16)15-9/h4-6,13H,2-3,7-8H2,1H3,(H,14,17). The number of amides is 1. The molecule has 0 saturated heterocycles. The minimum atomic E-state index is -0.0784. The van der Waals surface area contributed by atoms with Gasteiger partial charge in [0.15, 0.2) is 4.96 Å². The van der Waals surface area contributed by atoms with Crippen LogP contribution in [0.1, 0.15) is 5.69 Å². The summed E-state index contributed by atoms with van der Waals surface area (Å²) in [5.74, 6) is 0.928. The molecule has 0 aliphatic heterocycles. The topological polar surface area (TPSA) is 75.5 Å². The minimum absolute atomic E-state index is 0.000765. The number of nitrogens with zero attached hydrogens (tertiary/aromatic N) is 2. The molecule has 0 unspecified atom stereocenters.